The van der Waals surface area contributed by atoms with Crippen molar-refractivity contribution in [3.8, 4) is 0 Å². The highest BCUT2D eigenvalue weighted by atomic mass is 16.5. The van der Waals surface area contributed by atoms with Crippen LogP contribution in [0.4, 0.5) is 0 Å². The number of hydrogen-bond donors (Lipinski definition) is 3. The maximum Gasteiger partial charge on any atom is 0.114 e. The van der Waals surface area contributed by atoms with Crippen molar-refractivity contribution in [1.29, 1.82) is 0 Å². The van der Waals surface area contributed by atoms with Gasteiger partial charge in [0, 0.05) is 6.61 Å². The number of unbranched alkanes of at least 4 members (excludes halogenated alkanes) is 10. The van der Waals surface area contributed by atoms with Crippen LogP contribution in [-0.4, -0.2) is 59.6 Å². The van der Waals surface area contributed by atoms with Crippen molar-refractivity contribution in [2.24, 2.45) is 0 Å². The number of ether oxygens (including phenoxy) is 2. The molecule has 1 heterocycles. The fraction of sp³-hybridized carbons (Fsp3) is 0.909. The molecule has 27 heavy (non-hydrogen) atoms. The number of rotatable bonds is 17. The lowest BCUT2D eigenvalue weighted by molar-refractivity contribution is -0.0813. The summed E-state index contributed by atoms with van der Waals surface area (Å²) in [5.74, 6) is 0. The number of allylic oxidation sites excluding steroid dienone is 2. The molecule has 0 unspecified atom stereocenters. The van der Waals surface area contributed by atoms with Gasteiger partial charge in [0.2, 0.25) is 0 Å². The Labute approximate surface area is 165 Å². The van der Waals surface area contributed by atoms with Gasteiger partial charge in [-0.1, -0.05) is 64.0 Å². The third-order valence-corrected chi connectivity index (χ3v) is 5.16. The summed E-state index contributed by atoms with van der Waals surface area (Å²) in [6.07, 6.45) is 16.1. The zero-order valence-corrected chi connectivity index (χ0v) is 17.2. The van der Waals surface area contributed by atoms with Crippen LogP contribution >= 0.6 is 0 Å². The average Bonchev–Trinajstić information content (AvgIpc) is 3.00. The summed E-state index contributed by atoms with van der Waals surface area (Å²) in [7, 11) is 0. The van der Waals surface area contributed by atoms with Crippen LogP contribution in [0, 0.1) is 0 Å². The van der Waals surface area contributed by atoms with E-state index in [0.717, 1.165) is 12.8 Å². The molecule has 0 aromatic heterocycles. The topological polar surface area (TPSA) is 79.2 Å². The summed E-state index contributed by atoms with van der Waals surface area (Å²) in [6.45, 7) is 3.07. The third kappa shape index (κ3) is 11.9. The van der Waals surface area contributed by atoms with Crippen LogP contribution in [0.1, 0.15) is 84.0 Å². The van der Waals surface area contributed by atoms with Gasteiger partial charge in [-0.2, -0.15) is 0 Å². The van der Waals surface area contributed by atoms with E-state index in [9.17, 15) is 15.3 Å². The van der Waals surface area contributed by atoms with Gasteiger partial charge in [-0.25, -0.2) is 0 Å². The van der Waals surface area contributed by atoms with E-state index in [0.29, 0.717) is 6.61 Å². The summed E-state index contributed by atoms with van der Waals surface area (Å²) >= 11 is 0. The summed E-state index contributed by atoms with van der Waals surface area (Å²) < 4.78 is 10.6. The van der Waals surface area contributed by atoms with Gasteiger partial charge in [0.05, 0.1) is 13.2 Å². The Balaban J connectivity index is 1.81. The van der Waals surface area contributed by atoms with Crippen LogP contribution in [0.25, 0.3) is 0 Å². The fourth-order valence-electron chi connectivity index (χ4n) is 3.36. The Kier molecular flexibility index (Phi) is 15.0. The lowest BCUT2D eigenvalue weighted by Crippen LogP contribution is -2.40. The zero-order chi connectivity index (χ0) is 19.7. The van der Waals surface area contributed by atoms with Crippen molar-refractivity contribution >= 4 is 0 Å². The Bertz CT molecular complexity index is 361. The van der Waals surface area contributed by atoms with Crippen molar-refractivity contribution < 1.29 is 24.8 Å². The monoisotopic (exact) mass is 386 g/mol. The largest absolute Gasteiger partial charge is 0.388 e. The molecule has 1 fully saturated rings. The molecule has 1 aliphatic heterocycles. The summed E-state index contributed by atoms with van der Waals surface area (Å²) in [6, 6.07) is 0. The van der Waals surface area contributed by atoms with Crippen molar-refractivity contribution in [3.63, 3.8) is 0 Å². The minimum absolute atomic E-state index is 0.0665. The van der Waals surface area contributed by atoms with Crippen LogP contribution in [-0.2, 0) is 9.47 Å². The number of hydrogen-bond acceptors (Lipinski definition) is 5. The van der Waals surface area contributed by atoms with Gasteiger partial charge in [-0.3, -0.25) is 0 Å². The predicted molar refractivity (Wildman–Crippen MR) is 109 cm³/mol. The Hall–Kier alpha value is -0.460. The molecule has 1 rings (SSSR count). The second-order valence-corrected chi connectivity index (χ2v) is 7.73. The minimum Gasteiger partial charge on any atom is -0.388 e. The normalized spacial score (nSPS) is 24.1. The van der Waals surface area contributed by atoms with E-state index in [-0.39, 0.29) is 13.2 Å². The Morgan fingerprint density at radius 1 is 0.926 bits per heavy atom. The van der Waals surface area contributed by atoms with Crippen LogP contribution in [0.15, 0.2) is 12.2 Å². The fourth-order valence-corrected chi connectivity index (χ4v) is 3.36. The first-order valence-corrected chi connectivity index (χ1v) is 11.0. The van der Waals surface area contributed by atoms with E-state index in [2.05, 4.69) is 19.1 Å². The molecule has 0 bridgehead atoms. The first-order valence-electron chi connectivity index (χ1n) is 11.0. The molecular formula is C22H42O5. The van der Waals surface area contributed by atoms with Gasteiger partial charge >= 0.3 is 0 Å². The molecule has 4 atom stereocenters. The van der Waals surface area contributed by atoms with E-state index in [1.807, 2.05) is 0 Å². The van der Waals surface area contributed by atoms with Crippen molar-refractivity contribution in [2.45, 2.75) is 108 Å². The molecule has 0 aromatic carbocycles. The van der Waals surface area contributed by atoms with E-state index >= 15 is 0 Å². The molecule has 0 radical (unpaired) electrons. The lowest BCUT2D eigenvalue weighted by atomic mass is 10.1. The zero-order valence-electron chi connectivity index (χ0n) is 17.2. The quantitative estimate of drug-likeness (QED) is 0.262. The second-order valence-electron chi connectivity index (χ2n) is 7.73. The predicted octanol–water partition coefficient (Wildman–Crippen LogP) is 3.74. The summed E-state index contributed by atoms with van der Waals surface area (Å²) in [5.41, 5.74) is 0. The molecule has 0 saturated carbocycles. The maximum atomic E-state index is 9.92. The van der Waals surface area contributed by atoms with Crippen LogP contribution in [0.2, 0.25) is 0 Å². The van der Waals surface area contributed by atoms with Crippen LogP contribution < -0.4 is 0 Å². The van der Waals surface area contributed by atoms with Gasteiger partial charge in [-0.15, -0.1) is 0 Å². The number of aliphatic hydroxyl groups is 3. The highest BCUT2D eigenvalue weighted by Crippen LogP contribution is 2.18. The first kappa shape index (κ1) is 24.6. The molecule has 5 nitrogen and oxygen atoms in total. The highest BCUT2D eigenvalue weighted by Gasteiger charge is 2.39. The summed E-state index contributed by atoms with van der Waals surface area (Å²) in [4.78, 5) is 0. The van der Waals surface area contributed by atoms with Gasteiger partial charge in [0.15, 0.2) is 0 Å². The maximum absolute atomic E-state index is 9.92. The molecule has 0 amide bonds. The molecule has 160 valence electrons. The van der Waals surface area contributed by atoms with Gasteiger partial charge in [0.25, 0.3) is 0 Å². The van der Waals surface area contributed by atoms with Crippen molar-refractivity contribution in [2.75, 3.05) is 19.8 Å². The smallest absolute Gasteiger partial charge is 0.114 e. The lowest BCUT2D eigenvalue weighted by Gasteiger charge is -2.20. The Morgan fingerprint density at radius 2 is 1.52 bits per heavy atom. The molecular weight excluding hydrogens is 344 g/mol. The standard InChI is InChI=1S/C22H42O5/c1-2-3-4-5-6-7-8-9-10-11-12-13-14-15-16-26-17-20(24)22-21(25)19(23)18-27-22/h8-9,19-25H,2-7,10-18H2,1H3/b9-8+/t19-,20+,21+,22+/m1/s1. The van der Waals surface area contributed by atoms with Gasteiger partial charge in [0.1, 0.15) is 24.4 Å². The highest BCUT2D eigenvalue weighted by molar-refractivity contribution is 4.87. The second kappa shape index (κ2) is 16.5. The van der Waals surface area contributed by atoms with E-state index in [4.69, 9.17) is 9.47 Å². The van der Waals surface area contributed by atoms with Crippen LogP contribution in [0.5, 0.6) is 0 Å². The average molecular weight is 387 g/mol. The molecule has 1 saturated heterocycles. The molecule has 3 N–H and O–H groups in total. The number of aliphatic hydroxyl groups excluding tert-OH is 3. The molecule has 0 aliphatic carbocycles. The van der Waals surface area contributed by atoms with E-state index < -0.39 is 24.4 Å². The SMILES string of the molecule is CCCCCCC/C=C/CCCCCCCOC[C@H](O)[C@@H]1OC[C@@H](O)[C@@H]1O. The first-order chi connectivity index (χ1) is 13.2. The molecule has 1 aliphatic rings. The van der Waals surface area contributed by atoms with E-state index in [1.54, 1.807) is 0 Å². The van der Waals surface area contributed by atoms with Crippen LogP contribution in [0.3, 0.4) is 0 Å². The Morgan fingerprint density at radius 3 is 2.11 bits per heavy atom. The van der Waals surface area contributed by atoms with Crippen molar-refractivity contribution in [3.05, 3.63) is 12.2 Å². The molecule has 5 heteroatoms. The minimum atomic E-state index is -1.03. The van der Waals surface area contributed by atoms with Gasteiger partial charge < -0.3 is 24.8 Å². The van der Waals surface area contributed by atoms with Crippen molar-refractivity contribution in [1.82, 2.24) is 0 Å². The summed E-state index contributed by atoms with van der Waals surface area (Å²) in [5, 5.41) is 29.0. The van der Waals surface area contributed by atoms with Gasteiger partial charge in [-0.05, 0) is 32.1 Å². The van der Waals surface area contributed by atoms with E-state index in [1.165, 1.54) is 64.2 Å². The third-order valence-electron chi connectivity index (χ3n) is 5.16. The molecule has 0 aromatic rings. The molecule has 0 spiro atoms.